The standard InChI is InChI=1S/C13H16N2O4S2/c1-20-7-6-12(13(16)17)15-21(18,19)9-11-5-3-2-4-10(11)8-14/h2-5,12,15H,6-7,9H2,1H3,(H,16,17)/t12-/m0/s1. The molecule has 2 N–H and O–H groups in total. The second-order valence-electron chi connectivity index (χ2n) is 4.32. The summed E-state index contributed by atoms with van der Waals surface area (Å²) in [6.07, 6.45) is 2.02. The quantitative estimate of drug-likeness (QED) is 0.742. The van der Waals surface area contributed by atoms with E-state index < -0.39 is 27.8 Å². The van der Waals surface area contributed by atoms with Crippen molar-refractivity contribution in [3.05, 3.63) is 35.4 Å². The molecule has 6 nitrogen and oxygen atoms in total. The molecule has 0 unspecified atom stereocenters. The highest BCUT2D eigenvalue weighted by Gasteiger charge is 2.24. The molecule has 0 radical (unpaired) electrons. The van der Waals surface area contributed by atoms with Gasteiger partial charge in [-0.15, -0.1) is 0 Å². The number of benzene rings is 1. The van der Waals surface area contributed by atoms with E-state index in [1.54, 1.807) is 12.1 Å². The molecule has 0 spiro atoms. The predicted molar refractivity (Wildman–Crippen MR) is 81.3 cm³/mol. The first kappa shape index (κ1) is 17.5. The molecule has 0 saturated heterocycles. The van der Waals surface area contributed by atoms with Gasteiger partial charge in [0, 0.05) is 0 Å². The average molecular weight is 328 g/mol. The van der Waals surface area contributed by atoms with E-state index in [9.17, 15) is 13.2 Å². The van der Waals surface area contributed by atoms with Gasteiger partial charge >= 0.3 is 5.97 Å². The number of thioether (sulfide) groups is 1. The summed E-state index contributed by atoms with van der Waals surface area (Å²) in [5.41, 5.74) is 0.611. The monoisotopic (exact) mass is 328 g/mol. The SMILES string of the molecule is CSCC[C@H](NS(=O)(=O)Cc1ccccc1C#N)C(=O)O. The fourth-order valence-corrected chi connectivity index (χ4v) is 3.55. The molecule has 1 rings (SSSR count). The Labute approximate surface area is 128 Å². The maximum atomic E-state index is 12.1. The third-order valence-corrected chi connectivity index (χ3v) is 4.69. The highest BCUT2D eigenvalue weighted by molar-refractivity contribution is 7.98. The normalized spacial score (nSPS) is 12.6. The Kier molecular flexibility index (Phi) is 6.68. The molecule has 114 valence electrons. The first-order valence-electron chi connectivity index (χ1n) is 6.09. The van der Waals surface area contributed by atoms with Gasteiger partial charge in [0.15, 0.2) is 0 Å². The summed E-state index contributed by atoms with van der Waals surface area (Å²) in [5, 5.41) is 18.0. The van der Waals surface area contributed by atoms with Gasteiger partial charge < -0.3 is 5.11 Å². The maximum Gasteiger partial charge on any atom is 0.321 e. The molecule has 0 aliphatic heterocycles. The zero-order valence-electron chi connectivity index (χ0n) is 11.4. The van der Waals surface area contributed by atoms with E-state index in [0.29, 0.717) is 11.3 Å². The second-order valence-corrected chi connectivity index (χ2v) is 7.06. The number of hydrogen-bond donors (Lipinski definition) is 2. The molecule has 1 atom stereocenters. The van der Waals surface area contributed by atoms with Gasteiger partial charge in [-0.25, -0.2) is 13.1 Å². The number of hydrogen-bond acceptors (Lipinski definition) is 5. The maximum absolute atomic E-state index is 12.1. The van der Waals surface area contributed by atoms with E-state index in [1.165, 1.54) is 23.9 Å². The van der Waals surface area contributed by atoms with Crippen LogP contribution in [0.15, 0.2) is 24.3 Å². The van der Waals surface area contributed by atoms with Crippen LogP contribution in [0.1, 0.15) is 17.5 Å². The molecular weight excluding hydrogens is 312 g/mol. The number of nitrogens with zero attached hydrogens (tertiary/aromatic N) is 1. The van der Waals surface area contributed by atoms with E-state index in [0.717, 1.165) is 0 Å². The summed E-state index contributed by atoms with van der Waals surface area (Å²) in [5.74, 6) is -1.09. The van der Waals surface area contributed by atoms with Crippen LogP contribution >= 0.6 is 11.8 Å². The molecule has 1 aromatic rings. The lowest BCUT2D eigenvalue weighted by atomic mass is 10.1. The third kappa shape index (κ3) is 5.75. The number of carboxylic acids is 1. The molecule has 0 bridgehead atoms. The van der Waals surface area contributed by atoms with Crippen molar-refractivity contribution in [3.8, 4) is 6.07 Å². The van der Waals surface area contributed by atoms with Crippen LogP contribution < -0.4 is 4.72 Å². The molecule has 0 heterocycles. The van der Waals surface area contributed by atoms with Gasteiger partial charge in [-0.2, -0.15) is 17.0 Å². The van der Waals surface area contributed by atoms with Crippen LogP contribution in [0.4, 0.5) is 0 Å². The Bertz CT molecular complexity index is 638. The van der Waals surface area contributed by atoms with Crippen LogP contribution in [0.5, 0.6) is 0 Å². The lowest BCUT2D eigenvalue weighted by Crippen LogP contribution is -2.41. The van der Waals surface area contributed by atoms with Gasteiger partial charge in [0.25, 0.3) is 0 Å². The number of carbonyl (C=O) groups is 1. The molecule has 0 aliphatic carbocycles. The van der Waals surface area contributed by atoms with Crippen molar-refractivity contribution in [2.75, 3.05) is 12.0 Å². The first-order chi connectivity index (χ1) is 9.89. The smallest absolute Gasteiger partial charge is 0.321 e. The second kappa shape index (κ2) is 8.02. The fraction of sp³-hybridized carbons (Fsp3) is 0.385. The summed E-state index contributed by atoms with van der Waals surface area (Å²) in [4.78, 5) is 11.1. The highest BCUT2D eigenvalue weighted by atomic mass is 32.2. The minimum atomic E-state index is -3.83. The summed E-state index contributed by atoms with van der Waals surface area (Å²) in [6, 6.07) is 7.09. The third-order valence-electron chi connectivity index (χ3n) is 2.71. The van der Waals surface area contributed by atoms with E-state index in [1.807, 2.05) is 12.3 Å². The van der Waals surface area contributed by atoms with Gasteiger partial charge in [-0.3, -0.25) is 4.79 Å². The molecule has 0 aromatic heterocycles. The van der Waals surface area contributed by atoms with Crippen molar-refractivity contribution in [3.63, 3.8) is 0 Å². The lowest BCUT2D eigenvalue weighted by Gasteiger charge is -2.14. The van der Waals surface area contributed by atoms with Crippen molar-refractivity contribution in [1.29, 1.82) is 5.26 Å². The number of aliphatic carboxylic acids is 1. The van der Waals surface area contributed by atoms with Gasteiger partial charge in [0.1, 0.15) is 6.04 Å². The Hall–Kier alpha value is -1.56. The number of sulfonamides is 1. The summed E-state index contributed by atoms with van der Waals surface area (Å²) in [7, 11) is -3.83. The molecule has 8 heteroatoms. The Morgan fingerprint density at radius 2 is 2.14 bits per heavy atom. The summed E-state index contributed by atoms with van der Waals surface area (Å²) < 4.78 is 26.3. The van der Waals surface area contributed by atoms with Crippen LogP contribution in [-0.2, 0) is 20.6 Å². The van der Waals surface area contributed by atoms with E-state index in [4.69, 9.17) is 10.4 Å². The number of nitrogens with one attached hydrogen (secondary N) is 1. The molecular formula is C13H16N2O4S2. The van der Waals surface area contributed by atoms with Crippen LogP contribution in [0.25, 0.3) is 0 Å². The fourth-order valence-electron chi connectivity index (χ4n) is 1.69. The Morgan fingerprint density at radius 1 is 1.48 bits per heavy atom. The summed E-state index contributed by atoms with van der Waals surface area (Å²) in [6.45, 7) is 0. The van der Waals surface area contributed by atoms with E-state index in [2.05, 4.69) is 4.72 Å². The first-order valence-corrected chi connectivity index (χ1v) is 9.14. The van der Waals surface area contributed by atoms with Crippen LogP contribution in [0, 0.1) is 11.3 Å². The van der Waals surface area contributed by atoms with Gasteiger partial charge in [0.05, 0.1) is 17.4 Å². The van der Waals surface area contributed by atoms with Crippen LogP contribution in [0.3, 0.4) is 0 Å². The Morgan fingerprint density at radius 3 is 2.71 bits per heavy atom. The molecule has 0 fully saturated rings. The topological polar surface area (TPSA) is 107 Å². The molecule has 0 aliphatic rings. The van der Waals surface area contributed by atoms with Crippen molar-refractivity contribution in [2.24, 2.45) is 0 Å². The largest absolute Gasteiger partial charge is 0.480 e. The van der Waals surface area contributed by atoms with Crippen molar-refractivity contribution in [1.82, 2.24) is 4.72 Å². The minimum Gasteiger partial charge on any atom is -0.480 e. The summed E-state index contributed by atoms with van der Waals surface area (Å²) >= 11 is 1.44. The van der Waals surface area contributed by atoms with E-state index in [-0.39, 0.29) is 12.0 Å². The molecule has 0 saturated carbocycles. The molecule has 0 amide bonds. The van der Waals surface area contributed by atoms with Gasteiger partial charge in [-0.05, 0) is 30.1 Å². The minimum absolute atomic E-state index is 0.204. The van der Waals surface area contributed by atoms with Gasteiger partial charge in [0.2, 0.25) is 10.0 Å². The van der Waals surface area contributed by atoms with Crippen molar-refractivity contribution >= 4 is 27.8 Å². The zero-order chi connectivity index (χ0) is 15.9. The highest BCUT2D eigenvalue weighted by Crippen LogP contribution is 2.12. The number of carboxylic acid groups (broad SMARTS) is 1. The number of nitriles is 1. The predicted octanol–water partition coefficient (Wildman–Crippen LogP) is 1.18. The van der Waals surface area contributed by atoms with Crippen molar-refractivity contribution < 1.29 is 18.3 Å². The Balaban J connectivity index is 2.86. The molecule has 21 heavy (non-hydrogen) atoms. The lowest BCUT2D eigenvalue weighted by molar-refractivity contribution is -0.139. The zero-order valence-corrected chi connectivity index (χ0v) is 13.1. The van der Waals surface area contributed by atoms with Crippen LogP contribution in [0.2, 0.25) is 0 Å². The van der Waals surface area contributed by atoms with Crippen LogP contribution in [-0.4, -0.2) is 37.5 Å². The average Bonchev–Trinajstić information content (AvgIpc) is 2.43. The van der Waals surface area contributed by atoms with Crippen molar-refractivity contribution in [2.45, 2.75) is 18.2 Å². The molecule has 1 aromatic carbocycles. The van der Waals surface area contributed by atoms with E-state index >= 15 is 0 Å². The van der Waals surface area contributed by atoms with Gasteiger partial charge in [-0.1, -0.05) is 18.2 Å². The number of rotatable bonds is 8.